The smallest absolute Gasteiger partial charge is 0.332 e. The Morgan fingerprint density at radius 3 is 2.31 bits per heavy atom. The number of amides is 1. The molecule has 0 spiro atoms. The van der Waals surface area contributed by atoms with Gasteiger partial charge in [-0.2, -0.15) is 13.2 Å². The molecule has 0 aliphatic rings. The maximum absolute atomic E-state index is 14.2. The third-order valence-electron chi connectivity index (χ3n) is 4.83. The summed E-state index contributed by atoms with van der Waals surface area (Å²) in [6.07, 6.45) is -3.50. The number of aromatic nitrogens is 2. The lowest BCUT2D eigenvalue weighted by Gasteiger charge is -2.15. The highest BCUT2D eigenvalue weighted by molar-refractivity contribution is 6.48. The van der Waals surface area contributed by atoms with Crippen LogP contribution in [0.3, 0.4) is 0 Å². The van der Waals surface area contributed by atoms with Crippen LogP contribution in [-0.2, 0) is 17.5 Å². The largest absolute Gasteiger partial charge is 0.432 e. The van der Waals surface area contributed by atoms with Crippen molar-refractivity contribution in [2.24, 2.45) is 0 Å². The molecule has 0 radical (unpaired) electrons. The van der Waals surface area contributed by atoms with Crippen molar-refractivity contribution in [1.29, 1.82) is 0 Å². The quantitative estimate of drug-likeness (QED) is 0.314. The van der Waals surface area contributed by atoms with E-state index in [9.17, 15) is 22.8 Å². The molecule has 0 unspecified atom stereocenters. The van der Waals surface area contributed by atoms with Crippen LogP contribution in [0.25, 0.3) is 10.9 Å². The maximum atomic E-state index is 14.2. The predicted molar refractivity (Wildman–Crippen MR) is 115 cm³/mol. The number of Topliss-reactive ketones (excluding diaryl/α,β-unsaturated/α-hetero) is 1. The molecule has 0 aliphatic heterocycles. The second kappa shape index (κ2) is 8.47. The molecule has 0 bridgehead atoms. The summed E-state index contributed by atoms with van der Waals surface area (Å²) in [6, 6.07) is 16.9. The third kappa shape index (κ3) is 4.22. The molecule has 2 aromatic heterocycles. The summed E-state index contributed by atoms with van der Waals surface area (Å²) < 4.78 is 43.7. The monoisotopic (exact) mass is 457 g/mol. The van der Waals surface area contributed by atoms with E-state index in [1.54, 1.807) is 42.5 Å². The van der Waals surface area contributed by atoms with Crippen LogP contribution in [0, 0.1) is 0 Å². The second-order valence-corrected chi connectivity index (χ2v) is 7.39. The summed E-state index contributed by atoms with van der Waals surface area (Å²) in [4.78, 5) is 29.4. The summed E-state index contributed by atoms with van der Waals surface area (Å²) >= 11 is 5.88. The molecular weight excluding hydrogens is 443 g/mol. The molecule has 0 aliphatic carbocycles. The van der Waals surface area contributed by atoms with E-state index >= 15 is 0 Å². The van der Waals surface area contributed by atoms with E-state index in [0.29, 0.717) is 10.6 Å². The van der Waals surface area contributed by atoms with Crippen LogP contribution in [0.5, 0.6) is 0 Å². The van der Waals surface area contributed by atoms with Gasteiger partial charge in [0.15, 0.2) is 0 Å². The van der Waals surface area contributed by atoms with Gasteiger partial charge < -0.3 is 9.88 Å². The third-order valence-corrected chi connectivity index (χ3v) is 5.09. The highest BCUT2D eigenvalue weighted by atomic mass is 35.5. The van der Waals surface area contributed by atoms with Crippen LogP contribution in [0.1, 0.15) is 21.6 Å². The Morgan fingerprint density at radius 2 is 1.66 bits per heavy atom. The van der Waals surface area contributed by atoms with Gasteiger partial charge in [-0.3, -0.25) is 9.59 Å². The molecule has 0 fully saturated rings. The second-order valence-electron chi connectivity index (χ2n) is 6.95. The number of alkyl halides is 3. The number of hydrogen-bond acceptors (Lipinski definition) is 3. The lowest BCUT2D eigenvalue weighted by molar-refractivity contribution is -0.143. The number of pyridine rings is 1. The van der Waals surface area contributed by atoms with Crippen LogP contribution in [0.4, 0.5) is 19.0 Å². The van der Waals surface area contributed by atoms with Gasteiger partial charge in [0, 0.05) is 28.7 Å². The van der Waals surface area contributed by atoms with Crippen LogP contribution >= 0.6 is 11.6 Å². The van der Waals surface area contributed by atoms with Gasteiger partial charge >= 0.3 is 6.18 Å². The van der Waals surface area contributed by atoms with E-state index in [0.717, 1.165) is 4.57 Å². The normalized spacial score (nSPS) is 11.5. The minimum absolute atomic E-state index is 0.0370. The fourth-order valence-corrected chi connectivity index (χ4v) is 3.61. The van der Waals surface area contributed by atoms with Crippen LogP contribution in [-0.4, -0.2) is 21.2 Å². The standard InChI is InChI=1S/C23H15ClF3N3O2/c24-15-10-8-14(9-11-15)13-30-17-6-2-1-5-16(17)19(21(30)23(25,26)27)20(31)22(32)29-18-7-3-4-12-28-18/h1-12H,13H2,(H,28,29,32). The number of hydrogen-bond donors (Lipinski definition) is 1. The van der Waals surface area contributed by atoms with Crippen molar-refractivity contribution in [3.05, 3.63) is 94.8 Å². The minimum atomic E-state index is -4.89. The van der Waals surface area contributed by atoms with Gasteiger partial charge in [-0.15, -0.1) is 0 Å². The van der Waals surface area contributed by atoms with Crippen molar-refractivity contribution in [1.82, 2.24) is 9.55 Å². The van der Waals surface area contributed by atoms with Crippen molar-refractivity contribution in [3.8, 4) is 0 Å². The Hall–Kier alpha value is -3.65. The summed E-state index contributed by atoms with van der Waals surface area (Å²) in [5, 5.41) is 2.74. The Morgan fingerprint density at radius 1 is 0.969 bits per heavy atom. The van der Waals surface area contributed by atoms with Crippen molar-refractivity contribution >= 4 is 40.0 Å². The molecule has 1 amide bonds. The number of ketones is 1. The fraction of sp³-hybridized carbons (Fsp3) is 0.0870. The Labute approximate surface area is 185 Å². The van der Waals surface area contributed by atoms with Gasteiger partial charge in [-0.25, -0.2) is 4.98 Å². The number of benzene rings is 2. The lowest BCUT2D eigenvalue weighted by Crippen LogP contribution is -2.26. The van der Waals surface area contributed by atoms with Crippen LogP contribution in [0.2, 0.25) is 5.02 Å². The average Bonchev–Trinajstić information content (AvgIpc) is 3.10. The number of halogens is 4. The number of para-hydroxylation sites is 1. The molecule has 4 rings (SSSR count). The highest BCUT2D eigenvalue weighted by Crippen LogP contribution is 2.39. The first-order chi connectivity index (χ1) is 15.3. The number of fused-ring (bicyclic) bond motifs is 1. The number of carbonyl (C=O) groups is 2. The first-order valence-corrected chi connectivity index (χ1v) is 9.83. The maximum Gasteiger partial charge on any atom is 0.432 e. The number of anilines is 1. The lowest BCUT2D eigenvalue weighted by atomic mass is 10.1. The van der Waals surface area contributed by atoms with Gasteiger partial charge in [0.2, 0.25) is 0 Å². The first-order valence-electron chi connectivity index (χ1n) is 9.45. The van der Waals surface area contributed by atoms with E-state index in [2.05, 4.69) is 10.3 Å². The number of nitrogens with zero attached hydrogens (tertiary/aromatic N) is 2. The van der Waals surface area contributed by atoms with Gasteiger partial charge in [0.25, 0.3) is 11.7 Å². The Kier molecular flexibility index (Phi) is 5.71. The molecule has 2 heterocycles. The fourth-order valence-electron chi connectivity index (χ4n) is 3.49. The number of rotatable bonds is 5. The molecule has 0 atom stereocenters. The molecule has 9 heteroatoms. The molecule has 32 heavy (non-hydrogen) atoms. The summed E-state index contributed by atoms with van der Waals surface area (Å²) in [6.45, 7) is -0.165. The molecular formula is C23H15ClF3N3O2. The molecule has 0 saturated heterocycles. The zero-order chi connectivity index (χ0) is 22.9. The summed E-state index contributed by atoms with van der Waals surface area (Å²) in [5.74, 6) is -2.44. The number of nitrogens with one attached hydrogen (secondary N) is 1. The van der Waals surface area contributed by atoms with Crippen molar-refractivity contribution in [2.75, 3.05) is 5.32 Å². The molecule has 5 nitrogen and oxygen atoms in total. The van der Waals surface area contributed by atoms with Gasteiger partial charge in [-0.05, 0) is 35.9 Å². The van der Waals surface area contributed by atoms with E-state index in [4.69, 9.17) is 11.6 Å². The zero-order valence-electron chi connectivity index (χ0n) is 16.4. The summed E-state index contributed by atoms with van der Waals surface area (Å²) in [5.41, 5.74) is -1.15. The molecule has 2 aromatic carbocycles. The van der Waals surface area contributed by atoms with Gasteiger partial charge in [0.05, 0.1) is 5.56 Å². The summed E-state index contributed by atoms with van der Waals surface area (Å²) in [7, 11) is 0. The van der Waals surface area contributed by atoms with E-state index < -0.39 is 29.1 Å². The van der Waals surface area contributed by atoms with Crippen LogP contribution < -0.4 is 5.32 Å². The highest BCUT2D eigenvalue weighted by Gasteiger charge is 2.42. The van der Waals surface area contributed by atoms with E-state index in [1.807, 2.05) is 0 Å². The van der Waals surface area contributed by atoms with Gasteiger partial charge in [-0.1, -0.05) is 48.0 Å². The minimum Gasteiger partial charge on any atom is -0.332 e. The number of carbonyl (C=O) groups excluding carboxylic acids is 2. The molecule has 0 saturated carbocycles. The molecule has 162 valence electrons. The predicted octanol–water partition coefficient (Wildman–Crippen LogP) is 5.58. The zero-order valence-corrected chi connectivity index (χ0v) is 17.1. The first kappa shape index (κ1) is 21.6. The van der Waals surface area contributed by atoms with Crippen molar-refractivity contribution in [2.45, 2.75) is 12.7 Å². The topological polar surface area (TPSA) is 64.0 Å². The van der Waals surface area contributed by atoms with Crippen molar-refractivity contribution in [3.63, 3.8) is 0 Å². The van der Waals surface area contributed by atoms with E-state index in [1.165, 1.54) is 30.5 Å². The SMILES string of the molecule is O=C(Nc1ccccn1)C(=O)c1c(C(F)(F)F)n(Cc2ccc(Cl)cc2)c2ccccc12. The molecule has 1 N–H and O–H groups in total. The van der Waals surface area contributed by atoms with Gasteiger partial charge in [0.1, 0.15) is 11.5 Å². The average molecular weight is 458 g/mol. The molecule has 4 aromatic rings. The van der Waals surface area contributed by atoms with Crippen LogP contribution in [0.15, 0.2) is 72.9 Å². The Bertz CT molecular complexity index is 1300. The Balaban J connectivity index is 1.85. The van der Waals surface area contributed by atoms with Crippen molar-refractivity contribution < 1.29 is 22.8 Å². The van der Waals surface area contributed by atoms with E-state index in [-0.39, 0.29) is 23.3 Å².